The highest BCUT2D eigenvalue weighted by Crippen LogP contribution is 2.41. The highest BCUT2D eigenvalue weighted by atomic mass is 19.1. The van der Waals surface area contributed by atoms with Gasteiger partial charge in [-0.3, -0.25) is 4.79 Å². The normalized spacial score (nSPS) is 10.9. The number of anilines is 1. The summed E-state index contributed by atoms with van der Waals surface area (Å²) in [7, 11) is 1.35. The molecule has 0 aromatic heterocycles. The average molecular weight is 340 g/mol. The van der Waals surface area contributed by atoms with Crippen LogP contribution in [0, 0.1) is 29.5 Å². The van der Waals surface area contributed by atoms with Crippen molar-refractivity contribution in [1.82, 2.24) is 0 Å². The molecular formula is C20H21FN2O2. The molecule has 2 rings (SSSR count). The van der Waals surface area contributed by atoms with Crippen LogP contribution in [0.25, 0.3) is 11.1 Å². The zero-order valence-corrected chi connectivity index (χ0v) is 15.0. The minimum Gasteiger partial charge on any atom is -0.493 e. The van der Waals surface area contributed by atoms with Crippen molar-refractivity contribution in [1.29, 1.82) is 5.26 Å². The van der Waals surface area contributed by atoms with Crippen LogP contribution in [0.4, 0.5) is 10.1 Å². The van der Waals surface area contributed by atoms with Crippen LogP contribution in [-0.4, -0.2) is 13.0 Å². The van der Waals surface area contributed by atoms with Gasteiger partial charge in [-0.2, -0.15) is 5.26 Å². The van der Waals surface area contributed by atoms with Crippen LogP contribution >= 0.6 is 0 Å². The van der Waals surface area contributed by atoms with Gasteiger partial charge in [0.25, 0.3) is 0 Å². The topological polar surface area (TPSA) is 62.1 Å². The number of carbonyl (C=O) groups excluding carboxylic acids is 1. The van der Waals surface area contributed by atoms with E-state index in [9.17, 15) is 10.1 Å². The Labute approximate surface area is 147 Å². The zero-order chi connectivity index (χ0) is 18.8. The van der Waals surface area contributed by atoms with E-state index in [4.69, 9.17) is 4.74 Å². The molecular weight excluding hydrogens is 319 g/mol. The molecule has 25 heavy (non-hydrogen) atoms. The van der Waals surface area contributed by atoms with E-state index >= 15 is 4.39 Å². The highest BCUT2D eigenvalue weighted by molar-refractivity contribution is 5.98. The molecule has 0 bridgehead atoms. The Hall–Kier alpha value is -2.87. The van der Waals surface area contributed by atoms with E-state index < -0.39 is 11.2 Å². The third-order valence-electron chi connectivity index (χ3n) is 3.94. The Balaban J connectivity index is 2.78. The van der Waals surface area contributed by atoms with Gasteiger partial charge in [-0.15, -0.1) is 0 Å². The summed E-state index contributed by atoms with van der Waals surface area (Å²) in [4.78, 5) is 12.4. The Kier molecular flexibility index (Phi) is 5.13. The van der Waals surface area contributed by atoms with Crippen molar-refractivity contribution < 1.29 is 13.9 Å². The van der Waals surface area contributed by atoms with Crippen molar-refractivity contribution in [3.63, 3.8) is 0 Å². The molecule has 0 fully saturated rings. The van der Waals surface area contributed by atoms with Crippen molar-refractivity contribution in [2.45, 2.75) is 27.7 Å². The summed E-state index contributed by atoms with van der Waals surface area (Å²) in [5.74, 6) is -0.941. The smallest absolute Gasteiger partial charge is 0.229 e. The maximum absolute atomic E-state index is 15.3. The van der Waals surface area contributed by atoms with Crippen molar-refractivity contribution in [2.24, 2.45) is 5.41 Å². The van der Waals surface area contributed by atoms with E-state index in [1.165, 1.54) is 7.11 Å². The number of nitrogens with zero attached hydrogens (tertiary/aromatic N) is 1. The number of hydrogen-bond donors (Lipinski definition) is 1. The van der Waals surface area contributed by atoms with E-state index in [-0.39, 0.29) is 28.5 Å². The second-order valence-corrected chi connectivity index (χ2v) is 6.78. The lowest BCUT2D eigenvalue weighted by Crippen LogP contribution is -2.28. The Morgan fingerprint density at radius 3 is 2.32 bits per heavy atom. The van der Waals surface area contributed by atoms with Crippen molar-refractivity contribution >= 4 is 11.6 Å². The minimum atomic E-state index is -0.720. The molecule has 0 spiro atoms. The van der Waals surface area contributed by atoms with Crippen LogP contribution < -0.4 is 10.1 Å². The Morgan fingerprint density at radius 1 is 1.24 bits per heavy atom. The fourth-order valence-electron chi connectivity index (χ4n) is 2.51. The fourth-order valence-corrected chi connectivity index (χ4v) is 2.51. The summed E-state index contributed by atoms with van der Waals surface area (Å²) in [6.45, 7) is 6.85. The number of rotatable bonds is 3. The van der Waals surface area contributed by atoms with E-state index in [1.807, 2.05) is 6.07 Å². The second kappa shape index (κ2) is 6.94. The molecule has 130 valence electrons. The molecule has 5 heteroatoms. The maximum atomic E-state index is 15.3. The first-order valence-corrected chi connectivity index (χ1v) is 7.89. The molecule has 0 aliphatic rings. The van der Waals surface area contributed by atoms with Gasteiger partial charge in [0.05, 0.1) is 12.7 Å². The van der Waals surface area contributed by atoms with Gasteiger partial charge in [0, 0.05) is 11.0 Å². The molecule has 2 aromatic rings. The second-order valence-electron chi connectivity index (χ2n) is 6.78. The third-order valence-corrected chi connectivity index (χ3v) is 3.94. The fraction of sp³-hybridized carbons (Fsp3) is 0.300. The zero-order valence-electron chi connectivity index (χ0n) is 15.0. The molecule has 0 saturated carbocycles. The van der Waals surface area contributed by atoms with Gasteiger partial charge in [0.2, 0.25) is 5.91 Å². The van der Waals surface area contributed by atoms with Crippen LogP contribution in [-0.2, 0) is 4.79 Å². The Morgan fingerprint density at radius 2 is 1.84 bits per heavy atom. The van der Waals surface area contributed by atoms with Crippen LogP contribution in [0.2, 0.25) is 0 Å². The summed E-state index contributed by atoms with van der Waals surface area (Å²) < 4.78 is 20.6. The monoisotopic (exact) mass is 340 g/mol. The van der Waals surface area contributed by atoms with Gasteiger partial charge in [-0.25, -0.2) is 4.39 Å². The van der Waals surface area contributed by atoms with E-state index in [1.54, 1.807) is 52.0 Å². The average Bonchev–Trinajstić information content (AvgIpc) is 2.57. The lowest BCUT2D eigenvalue weighted by Gasteiger charge is -2.22. The van der Waals surface area contributed by atoms with Gasteiger partial charge in [0.1, 0.15) is 11.8 Å². The van der Waals surface area contributed by atoms with Gasteiger partial charge < -0.3 is 10.1 Å². The van der Waals surface area contributed by atoms with Gasteiger partial charge in [0.15, 0.2) is 11.6 Å². The summed E-state index contributed by atoms with van der Waals surface area (Å²) in [5, 5.41) is 12.1. The molecule has 4 nitrogen and oxygen atoms in total. The molecule has 0 atom stereocenters. The van der Waals surface area contributed by atoms with E-state index in [2.05, 4.69) is 11.4 Å². The number of benzene rings is 2. The van der Waals surface area contributed by atoms with Crippen LogP contribution in [0.1, 0.15) is 31.9 Å². The molecule has 0 heterocycles. The summed E-state index contributed by atoms with van der Waals surface area (Å²) in [6.07, 6.45) is 0. The first-order valence-electron chi connectivity index (χ1n) is 7.89. The number of hydrogen-bond acceptors (Lipinski definition) is 3. The van der Waals surface area contributed by atoms with E-state index in [0.717, 1.165) is 0 Å². The van der Waals surface area contributed by atoms with Gasteiger partial charge in [-0.05, 0) is 18.1 Å². The number of methoxy groups -OCH3 is 1. The largest absolute Gasteiger partial charge is 0.493 e. The number of amides is 1. The number of halogens is 1. The molecule has 0 aliphatic carbocycles. The molecule has 2 aromatic carbocycles. The number of carbonyl (C=O) groups is 1. The lowest BCUT2D eigenvalue weighted by atomic mass is 9.92. The quantitative estimate of drug-likeness (QED) is 0.883. The molecule has 0 saturated heterocycles. The van der Waals surface area contributed by atoms with Crippen LogP contribution in [0.15, 0.2) is 30.3 Å². The minimum absolute atomic E-state index is 0.0368. The first kappa shape index (κ1) is 18.5. The van der Waals surface area contributed by atoms with Crippen LogP contribution in [0.5, 0.6) is 5.75 Å². The Bertz CT molecular complexity index is 847. The number of ether oxygens (including phenoxy) is 1. The number of nitrogens with one attached hydrogen (secondary N) is 1. The van der Waals surface area contributed by atoms with E-state index in [0.29, 0.717) is 11.1 Å². The van der Waals surface area contributed by atoms with Gasteiger partial charge in [-0.1, -0.05) is 51.1 Å². The standard InChI is InChI=1S/C20H21FN2O2/c1-12-14(11-22)18(25-5)17(23-19(24)20(2,3)4)16(21)15(12)13-9-7-6-8-10-13/h6-10H,1-5H3,(H,23,24). The first-order chi connectivity index (χ1) is 11.7. The predicted octanol–water partition coefficient (Wildman–Crippen LogP) is 4.67. The summed E-state index contributed by atoms with van der Waals surface area (Å²) in [6, 6.07) is 11.0. The maximum Gasteiger partial charge on any atom is 0.229 e. The molecule has 0 unspecified atom stereocenters. The summed E-state index contributed by atoms with van der Waals surface area (Å²) >= 11 is 0. The predicted molar refractivity (Wildman–Crippen MR) is 95.9 cm³/mol. The van der Waals surface area contributed by atoms with Crippen molar-refractivity contribution in [3.8, 4) is 22.9 Å². The third kappa shape index (κ3) is 3.48. The summed E-state index contributed by atoms with van der Waals surface area (Å²) in [5.41, 5.74) is 0.750. The van der Waals surface area contributed by atoms with Crippen molar-refractivity contribution in [2.75, 3.05) is 12.4 Å². The lowest BCUT2D eigenvalue weighted by molar-refractivity contribution is -0.123. The SMILES string of the molecule is COc1c(C#N)c(C)c(-c2ccccc2)c(F)c1NC(=O)C(C)(C)C. The highest BCUT2D eigenvalue weighted by Gasteiger charge is 2.28. The molecule has 1 amide bonds. The molecule has 0 aliphatic heterocycles. The molecule has 1 N–H and O–H groups in total. The number of nitriles is 1. The van der Waals surface area contributed by atoms with Gasteiger partial charge >= 0.3 is 0 Å². The molecule has 0 radical (unpaired) electrons. The van der Waals surface area contributed by atoms with Crippen LogP contribution in [0.3, 0.4) is 0 Å². The van der Waals surface area contributed by atoms with Crippen molar-refractivity contribution in [3.05, 3.63) is 47.3 Å².